The molecule has 0 saturated heterocycles. The summed E-state index contributed by atoms with van der Waals surface area (Å²) in [6, 6.07) is 16.5. The van der Waals surface area contributed by atoms with Crippen molar-refractivity contribution in [2.24, 2.45) is 0 Å². The predicted octanol–water partition coefficient (Wildman–Crippen LogP) is 8.05. The van der Waals surface area contributed by atoms with E-state index < -0.39 is 29.0 Å². The number of fused-ring (bicyclic) bond motifs is 1. The number of hydrogen-bond acceptors (Lipinski definition) is 6. The van der Waals surface area contributed by atoms with Crippen LogP contribution < -0.4 is 4.74 Å². The van der Waals surface area contributed by atoms with Crippen LogP contribution in [0, 0.1) is 17.5 Å². The Labute approximate surface area is 267 Å². The van der Waals surface area contributed by atoms with Crippen molar-refractivity contribution in [3.8, 4) is 17.1 Å². The summed E-state index contributed by atoms with van der Waals surface area (Å²) in [6.07, 6.45) is -0.0153. The van der Waals surface area contributed by atoms with E-state index >= 15 is 8.78 Å². The van der Waals surface area contributed by atoms with Gasteiger partial charge in [-0.25, -0.2) is 27.9 Å². The van der Waals surface area contributed by atoms with Crippen LogP contribution in [0.2, 0.25) is 0 Å². The van der Waals surface area contributed by atoms with E-state index in [2.05, 4.69) is 25.9 Å². The van der Waals surface area contributed by atoms with Crippen LogP contribution in [0.25, 0.3) is 22.3 Å². The van der Waals surface area contributed by atoms with Gasteiger partial charge in [0.05, 0.1) is 28.9 Å². The zero-order valence-electron chi connectivity index (χ0n) is 25.2. The third-order valence-electron chi connectivity index (χ3n) is 6.86. The molecule has 0 unspecified atom stereocenters. The predicted molar refractivity (Wildman–Crippen MR) is 168 cm³/mol. The van der Waals surface area contributed by atoms with E-state index in [1.807, 2.05) is 4.57 Å². The van der Waals surface area contributed by atoms with Crippen molar-refractivity contribution < 1.29 is 32.2 Å². The fourth-order valence-corrected chi connectivity index (χ4v) is 5.06. The second-order valence-electron chi connectivity index (χ2n) is 11.4. The van der Waals surface area contributed by atoms with Crippen molar-refractivity contribution in [2.75, 3.05) is 13.7 Å². The maximum absolute atomic E-state index is 15.5. The number of nitrogens with zero attached hydrogens (tertiary/aromatic N) is 3. The summed E-state index contributed by atoms with van der Waals surface area (Å²) in [6.45, 7) is 5.99. The van der Waals surface area contributed by atoms with Crippen LogP contribution in [-0.2, 0) is 29.0 Å². The highest BCUT2D eigenvalue weighted by Gasteiger charge is 2.21. The van der Waals surface area contributed by atoms with Crippen LogP contribution in [0.4, 0.5) is 13.2 Å². The van der Waals surface area contributed by atoms with Gasteiger partial charge in [0.15, 0.2) is 0 Å². The number of pyridine rings is 1. The van der Waals surface area contributed by atoms with Gasteiger partial charge >= 0.3 is 5.97 Å². The molecule has 5 rings (SSSR count). The molecule has 2 aromatic heterocycles. The van der Waals surface area contributed by atoms with Crippen LogP contribution in [0.3, 0.4) is 0 Å². The molecule has 0 atom stereocenters. The van der Waals surface area contributed by atoms with Crippen LogP contribution in [0.5, 0.6) is 5.88 Å². The molecule has 0 saturated carbocycles. The highest BCUT2D eigenvalue weighted by molar-refractivity contribution is 9.10. The van der Waals surface area contributed by atoms with E-state index in [0.717, 1.165) is 12.1 Å². The highest BCUT2D eigenvalue weighted by atomic mass is 79.9. The first-order valence-corrected chi connectivity index (χ1v) is 14.9. The average molecular weight is 683 g/mol. The fourth-order valence-electron chi connectivity index (χ4n) is 4.73. The first kappa shape index (κ1) is 32.2. The molecule has 0 aliphatic heterocycles. The van der Waals surface area contributed by atoms with Gasteiger partial charge in [-0.05, 0) is 74.9 Å². The molecule has 5 aromatic rings. The number of halogens is 4. The lowest BCUT2D eigenvalue weighted by atomic mass is 10.0. The van der Waals surface area contributed by atoms with Gasteiger partial charge in [-0.1, -0.05) is 28.1 Å². The van der Waals surface area contributed by atoms with Gasteiger partial charge in [-0.2, -0.15) is 0 Å². The zero-order chi connectivity index (χ0) is 32.3. The molecule has 0 bridgehead atoms. The second kappa shape index (κ2) is 13.4. The van der Waals surface area contributed by atoms with Gasteiger partial charge in [0.2, 0.25) is 5.88 Å². The standard InChI is InChI=1S/C34H31BrF3N3O4/c1-34(2,3)45-33(42)20-9-11-29-30(15-20)41(12-13-43-4)31(39-29)16-22-14-27(38)24(18-26(22)37)28-6-5-7-32(40-28)44-19-21-8-10-23(35)17-25(21)36/h5-11,14-15,17-18H,12-13,16,19H2,1-4H3. The number of ether oxygens (including phenoxy) is 3. The Hall–Kier alpha value is -4.22. The van der Waals surface area contributed by atoms with E-state index in [1.54, 1.807) is 70.3 Å². The second-order valence-corrected chi connectivity index (χ2v) is 12.3. The van der Waals surface area contributed by atoms with E-state index in [-0.39, 0.29) is 35.7 Å². The zero-order valence-corrected chi connectivity index (χ0v) is 26.8. The van der Waals surface area contributed by atoms with Gasteiger partial charge in [0, 0.05) is 41.7 Å². The topological polar surface area (TPSA) is 75.5 Å². The minimum atomic E-state index is -0.679. The van der Waals surface area contributed by atoms with Gasteiger partial charge in [0.25, 0.3) is 0 Å². The first-order chi connectivity index (χ1) is 21.4. The average Bonchev–Trinajstić information content (AvgIpc) is 3.32. The van der Waals surface area contributed by atoms with Gasteiger partial charge in [-0.15, -0.1) is 0 Å². The van der Waals surface area contributed by atoms with Crippen molar-refractivity contribution in [1.29, 1.82) is 0 Å². The Morgan fingerprint density at radius 2 is 1.69 bits per heavy atom. The van der Waals surface area contributed by atoms with E-state index in [0.29, 0.717) is 45.6 Å². The number of benzene rings is 3. The Morgan fingerprint density at radius 3 is 2.42 bits per heavy atom. The number of methoxy groups -OCH3 is 1. The number of hydrogen-bond donors (Lipinski definition) is 0. The summed E-state index contributed by atoms with van der Waals surface area (Å²) in [5.41, 5.74) is 1.46. The maximum Gasteiger partial charge on any atom is 0.338 e. The Bertz CT molecular complexity index is 1870. The van der Waals surface area contributed by atoms with E-state index in [4.69, 9.17) is 14.2 Å². The summed E-state index contributed by atoms with van der Waals surface area (Å²) in [7, 11) is 1.56. The monoisotopic (exact) mass is 681 g/mol. The summed E-state index contributed by atoms with van der Waals surface area (Å²) >= 11 is 3.22. The maximum atomic E-state index is 15.5. The molecule has 0 amide bonds. The van der Waals surface area contributed by atoms with Crippen molar-refractivity contribution in [3.05, 3.63) is 111 Å². The van der Waals surface area contributed by atoms with Gasteiger partial charge < -0.3 is 18.8 Å². The van der Waals surface area contributed by atoms with Gasteiger partial charge in [-0.3, -0.25) is 0 Å². The van der Waals surface area contributed by atoms with Crippen molar-refractivity contribution in [1.82, 2.24) is 14.5 Å². The molecule has 0 aliphatic carbocycles. The molecule has 11 heteroatoms. The molecule has 0 aliphatic rings. The summed E-state index contributed by atoms with van der Waals surface area (Å²) in [5.74, 6) is -1.63. The molecule has 3 aromatic carbocycles. The molecular formula is C34H31BrF3N3O4. The molecule has 2 heterocycles. The summed E-state index contributed by atoms with van der Waals surface area (Å²) in [4.78, 5) is 21.7. The quantitative estimate of drug-likeness (QED) is 0.139. The number of esters is 1. The minimum absolute atomic E-state index is 0.0153. The van der Waals surface area contributed by atoms with Crippen LogP contribution >= 0.6 is 15.9 Å². The van der Waals surface area contributed by atoms with Crippen molar-refractivity contribution >= 4 is 32.9 Å². The number of carbonyl (C=O) groups is 1. The van der Waals surface area contributed by atoms with E-state index in [1.165, 1.54) is 12.1 Å². The summed E-state index contributed by atoms with van der Waals surface area (Å²) < 4.78 is 64.0. The Kier molecular flexibility index (Phi) is 9.59. The largest absolute Gasteiger partial charge is 0.473 e. The molecular weight excluding hydrogens is 651 g/mol. The van der Waals surface area contributed by atoms with Crippen LogP contribution in [-0.4, -0.2) is 39.8 Å². The van der Waals surface area contributed by atoms with Crippen molar-refractivity contribution in [2.45, 2.75) is 45.9 Å². The van der Waals surface area contributed by atoms with Crippen LogP contribution in [0.1, 0.15) is 48.1 Å². The lowest BCUT2D eigenvalue weighted by molar-refractivity contribution is 0.00696. The first-order valence-electron chi connectivity index (χ1n) is 14.2. The smallest absolute Gasteiger partial charge is 0.338 e. The minimum Gasteiger partial charge on any atom is -0.473 e. The number of carbonyl (C=O) groups excluding carboxylic acids is 1. The third kappa shape index (κ3) is 7.72. The molecule has 45 heavy (non-hydrogen) atoms. The third-order valence-corrected chi connectivity index (χ3v) is 7.35. The van der Waals surface area contributed by atoms with Crippen LogP contribution in [0.15, 0.2) is 71.2 Å². The number of aromatic nitrogens is 3. The van der Waals surface area contributed by atoms with E-state index in [9.17, 15) is 9.18 Å². The normalized spacial score (nSPS) is 11.6. The lowest BCUT2D eigenvalue weighted by Gasteiger charge is -2.19. The molecule has 0 fully saturated rings. The number of imidazole rings is 1. The summed E-state index contributed by atoms with van der Waals surface area (Å²) in [5, 5.41) is 0. The fraction of sp³-hybridized carbons (Fsp3) is 0.265. The molecule has 234 valence electrons. The van der Waals surface area contributed by atoms with Crippen molar-refractivity contribution in [3.63, 3.8) is 0 Å². The molecule has 0 spiro atoms. The highest BCUT2D eigenvalue weighted by Crippen LogP contribution is 2.29. The lowest BCUT2D eigenvalue weighted by Crippen LogP contribution is -2.23. The Balaban J connectivity index is 1.41. The molecule has 0 radical (unpaired) electrons. The SMILES string of the molecule is COCCn1c(Cc2cc(F)c(-c3cccc(OCc4ccc(Br)cc4F)n3)cc2F)nc2ccc(C(=O)OC(C)(C)C)cc21. The number of rotatable bonds is 10. The Morgan fingerprint density at radius 1 is 0.911 bits per heavy atom. The molecule has 7 nitrogen and oxygen atoms in total. The van der Waals surface area contributed by atoms with Gasteiger partial charge in [0.1, 0.15) is 35.5 Å². The molecule has 0 N–H and O–H groups in total.